The second-order valence-electron chi connectivity index (χ2n) is 6.13. The van der Waals surface area contributed by atoms with Gasteiger partial charge in [-0.05, 0) is 49.9 Å². The van der Waals surface area contributed by atoms with Crippen LogP contribution in [0.5, 0.6) is 11.5 Å². The molecule has 0 bridgehead atoms. The van der Waals surface area contributed by atoms with Crippen LogP contribution >= 0.6 is 0 Å². The molecule has 2 nitrogen and oxygen atoms in total. The van der Waals surface area contributed by atoms with Gasteiger partial charge >= 0.3 is 0 Å². The zero-order chi connectivity index (χ0) is 16.2. The van der Waals surface area contributed by atoms with Crippen molar-refractivity contribution in [3.63, 3.8) is 0 Å². The van der Waals surface area contributed by atoms with Crippen LogP contribution in [0, 0.1) is 13.8 Å². The minimum absolute atomic E-state index is 0.817. The monoisotopic (exact) mass is 306 g/mol. The molecule has 0 spiro atoms. The fraction of sp³-hybridized carbons (Fsp3) is 0.700. The van der Waals surface area contributed by atoms with Gasteiger partial charge in [-0.3, -0.25) is 0 Å². The normalized spacial score (nSPS) is 10.7. The standard InChI is InChI=1S/C20H34O2/c1-5-7-9-11-15-21-19-13-14-20(18(4)17(19)3)22-16-12-10-8-6-2/h13-14H,5-12,15-16H2,1-4H3. The molecule has 0 aliphatic rings. The van der Waals surface area contributed by atoms with Crippen LogP contribution < -0.4 is 9.47 Å². The molecular formula is C20H34O2. The molecule has 0 atom stereocenters. The average molecular weight is 306 g/mol. The van der Waals surface area contributed by atoms with Crippen molar-refractivity contribution in [1.82, 2.24) is 0 Å². The minimum Gasteiger partial charge on any atom is -0.493 e. The number of ether oxygens (including phenoxy) is 2. The van der Waals surface area contributed by atoms with Crippen LogP contribution in [-0.2, 0) is 0 Å². The minimum atomic E-state index is 0.817. The number of hydrogen-bond acceptors (Lipinski definition) is 2. The van der Waals surface area contributed by atoms with Crippen LogP contribution in [0.2, 0.25) is 0 Å². The van der Waals surface area contributed by atoms with Gasteiger partial charge in [0.05, 0.1) is 13.2 Å². The molecule has 126 valence electrons. The van der Waals surface area contributed by atoms with Crippen molar-refractivity contribution in [2.45, 2.75) is 79.1 Å². The van der Waals surface area contributed by atoms with Gasteiger partial charge in [0, 0.05) is 0 Å². The molecule has 0 saturated heterocycles. The maximum atomic E-state index is 5.92. The zero-order valence-electron chi connectivity index (χ0n) is 15.0. The first-order valence-corrected chi connectivity index (χ1v) is 9.06. The Hall–Kier alpha value is -1.18. The summed E-state index contributed by atoms with van der Waals surface area (Å²) in [4.78, 5) is 0. The Bertz CT molecular complexity index is 373. The van der Waals surface area contributed by atoms with Crippen LogP contribution in [0.4, 0.5) is 0 Å². The van der Waals surface area contributed by atoms with Gasteiger partial charge in [0.25, 0.3) is 0 Å². The Morgan fingerprint density at radius 2 is 1.05 bits per heavy atom. The largest absolute Gasteiger partial charge is 0.493 e. The van der Waals surface area contributed by atoms with E-state index in [1.165, 1.54) is 49.7 Å². The first kappa shape index (κ1) is 18.9. The fourth-order valence-electron chi connectivity index (χ4n) is 2.51. The second kappa shape index (κ2) is 11.4. The predicted octanol–water partition coefficient (Wildman–Crippen LogP) is 6.22. The van der Waals surface area contributed by atoms with Gasteiger partial charge in [-0.25, -0.2) is 0 Å². The molecule has 0 unspecified atom stereocenters. The number of unbranched alkanes of at least 4 members (excludes halogenated alkanes) is 6. The van der Waals surface area contributed by atoms with E-state index in [-0.39, 0.29) is 0 Å². The van der Waals surface area contributed by atoms with Crippen LogP contribution in [0.25, 0.3) is 0 Å². The van der Waals surface area contributed by atoms with E-state index in [0.717, 1.165) is 37.6 Å². The van der Waals surface area contributed by atoms with Crippen molar-refractivity contribution in [2.24, 2.45) is 0 Å². The van der Waals surface area contributed by atoms with Crippen LogP contribution in [0.1, 0.15) is 76.3 Å². The molecule has 1 aromatic carbocycles. The van der Waals surface area contributed by atoms with Crippen LogP contribution in [-0.4, -0.2) is 13.2 Å². The highest BCUT2D eigenvalue weighted by molar-refractivity contribution is 5.47. The highest BCUT2D eigenvalue weighted by Crippen LogP contribution is 2.29. The summed E-state index contributed by atoms with van der Waals surface area (Å²) in [6, 6.07) is 4.12. The smallest absolute Gasteiger partial charge is 0.122 e. The summed E-state index contributed by atoms with van der Waals surface area (Å²) in [6.07, 6.45) is 9.92. The first-order chi connectivity index (χ1) is 10.7. The van der Waals surface area contributed by atoms with Crippen molar-refractivity contribution < 1.29 is 9.47 Å². The molecule has 2 heteroatoms. The van der Waals surface area contributed by atoms with E-state index in [4.69, 9.17) is 9.47 Å². The molecule has 1 aromatic rings. The number of rotatable bonds is 12. The lowest BCUT2D eigenvalue weighted by molar-refractivity contribution is 0.293. The Kier molecular flexibility index (Phi) is 9.77. The van der Waals surface area contributed by atoms with Gasteiger partial charge in [-0.1, -0.05) is 52.4 Å². The Labute approximate surface area is 137 Å². The predicted molar refractivity (Wildman–Crippen MR) is 95.2 cm³/mol. The highest BCUT2D eigenvalue weighted by Gasteiger charge is 2.08. The summed E-state index contributed by atoms with van der Waals surface area (Å²) < 4.78 is 11.8. The van der Waals surface area contributed by atoms with E-state index in [9.17, 15) is 0 Å². The Balaban J connectivity index is 2.42. The van der Waals surface area contributed by atoms with E-state index >= 15 is 0 Å². The van der Waals surface area contributed by atoms with Crippen molar-refractivity contribution in [2.75, 3.05) is 13.2 Å². The number of hydrogen-bond donors (Lipinski definition) is 0. The van der Waals surface area contributed by atoms with Crippen molar-refractivity contribution in [3.8, 4) is 11.5 Å². The van der Waals surface area contributed by atoms with Gasteiger partial charge in [0.15, 0.2) is 0 Å². The van der Waals surface area contributed by atoms with E-state index in [2.05, 4.69) is 39.8 Å². The summed E-state index contributed by atoms with van der Waals surface area (Å²) >= 11 is 0. The molecule has 0 amide bonds. The molecule has 0 radical (unpaired) electrons. The van der Waals surface area contributed by atoms with E-state index in [1.807, 2.05) is 0 Å². The lowest BCUT2D eigenvalue weighted by Crippen LogP contribution is -2.03. The van der Waals surface area contributed by atoms with E-state index in [0.29, 0.717) is 0 Å². The summed E-state index contributed by atoms with van der Waals surface area (Å²) in [5, 5.41) is 0. The third-order valence-electron chi connectivity index (χ3n) is 4.20. The van der Waals surface area contributed by atoms with Gasteiger partial charge in [-0.2, -0.15) is 0 Å². The van der Waals surface area contributed by atoms with Crippen molar-refractivity contribution >= 4 is 0 Å². The summed E-state index contributed by atoms with van der Waals surface area (Å²) in [7, 11) is 0. The van der Waals surface area contributed by atoms with E-state index < -0.39 is 0 Å². The SMILES string of the molecule is CCCCCCOc1ccc(OCCCCCC)c(C)c1C. The third kappa shape index (κ3) is 6.72. The molecule has 22 heavy (non-hydrogen) atoms. The average Bonchev–Trinajstić information content (AvgIpc) is 2.52. The topological polar surface area (TPSA) is 18.5 Å². The maximum Gasteiger partial charge on any atom is 0.122 e. The molecule has 0 saturated carbocycles. The molecule has 1 rings (SSSR count). The maximum absolute atomic E-state index is 5.92. The molecule has 0 aromatic heterocycles. The zero-order valence-corrected chi connectivity index (χ0v) is 15.0. The van der Waals surface area contributed by atoms with Gasteiger partial charge in [0.2, 0.25) is 0 Å². The highest BCUT2D eigenvalue weighted by atomic mass is 16.5. The Morgan fingerprint density at radius 1 is 0.636 bits per heavy atom. The lowest BCUT2D eigenvalue weighted by atomic mass is 10.1. The molecule has 0 aliphatic carbocycles. The summed E-state index contributed by atoms with van der Waals surface area (Å²) in [5.41, 5.74) is 2.42. The summed E-state index contributed by atoms with van der Waals surface area (Å²) in [5.74, 6) is 2.01. The van der Waals surface area contributed by atoms with Crippen LogP contribution in [0.3, 0.4) is 0 Å². The van der Waals surface area contributed by atoms with Crippen LogP contribution in [0.15, 0.2) is 12.1 Å². The van der Waals surface area contributed by atoms with Crippen molar-refractivity contribution in [1.29, 1.82) is 0 Å². The van der Waals surface area contributed by atoms with Gasteiger partial charge < -0.3 is 9.47 Å². The molecule has 0 heterocycles. The van der Waals surface area contributed by atoms with Gasteiger partial charge in [-0.15, -0.1) is 0 Å². The quantitative estimate of drug-likeness (QED) is 0.427. The Morgan fingerprint density at radius 3 is 1.41 bits per heavy atom. The fourth-order valence-corrected chi connectivity index (χ4v) is 2.51. The third-order valence-corrected chi connectivity index (χ3v) is 4.20. The molecule has 0 N–H and O–H groups in total. The van der Waals surface area contributed by atoms with E-state index in [1.54, 1.807) is 0 Å². The first-order valence-electron chi connectivity index (χ1n) is 9.06. The molecule has 0 fully saturated rings. The van der Waals surface area contributed by atoms with Crippen molar-refractivity contribution in [3.05, 3.63) is 23.3 Å². The van der Waals surface area contributed by atoms with Gasteiger partial charge in [0.1, 0.15) is 11.5 Å². The summed E-state index contributed by atoms with van der Waals surface area (Å²) in [6.45, 7) is 10.3. The molecule has 0 aliphatic heterocycles. The second-order valence-corrected chi connectivity index (χ2v) is 6.13. The molecular weight excluding hydrogens is 272 g/mol. The number of benzene rings is 1. The lowest BCUT2D eigenvalue weighted by Gasteiger charge is -2.15.